The minimum atomic E-state index is -1.38. The van der Waals surface area contributed by atoms with Crippen molar-refractivity contribution in [2.45, 2.75) is 13.0 Å². The third kappa shape index (κ3) is 3.56. The van der Waals surface area contributed by atoms with Gasteiger partial charge >= 0.3 is 5.76 Å². The highest BCUT2D eigenvalue weighted by molar-refractivity contribution is 6.31. The van der Waals surface area contributed by atoms with Crippen LogP contribution in [0.3, 0.4) is 0 Å². The summed E-state index contributed by atoms with van der Waals surface area (Å²) < 4.78 is 6.40. The van der Waals surface area contributed by atoms with Crippen LogP contribution in [-0.4, -0.2) is 16.4 Å². The van der Waals surface area contributed by atoms with Crippen LogP contribution >= 0.6 is 11.6 Å². The first kappa shape index (κ1) is 16.8. The summed E-state index contributed by atoms with van der Waals surface area (Å²) >= 11 is 5.85. The minimum Gasteiger partial charge on any atom is -0.545 e. The average molecular weight is 360 g/mol. The van der Waals surface area contributed by atoms with E-state index in [2.05, 4.69) is 5.32 Å². The van der Waals surface area contributed by atoms with Crippen molar-refractivity contribution in [1.29, 1.82) is 0 Å². The summed E-state index contributed by atoms with van der Waals surface area (Å²) in [6.07, 6.45) is -0.0431. The Morgan fingerprint density at radius 1 is 1.20 bits per heavy atom. The highest BCUT2D eigenvalue weighted by Gasteiger charge is 2.12. The van der Waals surface area contributed by atoms with Crippen molar-refractivity contribution in [3.8, 4) is 0 Å². The van der Waals surface area contributed by atoms with E-state index in [9.17, 15) is 19.5 Å². The summed E-state index contributed by atoms with van der Waals surface area (Å²) in [5, 5.41) is 14.0. The van der Waals surface area contributed by atoms with E-state index >= 15 is 0 Å². The zero-order valence-corrected chi connectivity index (χ0v) is 13.6. The molecule has 1 N–H and O–H groups in total. The predicted molar refractivity (Wildman–Crippen MR) is 89.5 cm³/mol. The number of oxazole rings is 1. The molecule has 2 aromatic carbocycles. The van der Waals surface area contributed by atoms with E-state index in [0.29, 0.717) is 16.1 Å². The fourth-order valence-corrected chi connectivity index (χ4v) is 2.61. The van der Waals surface area contributed by atoms with Crippen molar-refractivity contribution >= 4 is 40.3 Å². The second-order valence-corrected chi connectivity index (χ2v) is 5.70. The van der Waals surface area contributed by atoms with Crippen molar-refractivity contribution < 1.29 is 19.1 Å². The Kier molecular flexibility index (Phi) is 4.58. The Balaban J connectivity index is 1.74. The molecule has 25 heavy (non-hydrogen) atoms. The topological polar surface area (TPSA) is 104 Å². The van der Waals surface area contributed by atoms with Crippen LogP contribution in [0.2, 0.25) is 5.02 Å². The van der Waals surface area contributed by atoms with Crippen LogP contribution in [0, 0.1) is 0 Å². The number of carboxylic acids is 1. The number of nitrogens with one attached hydrogen (secondary N) is 1. The maximum Gasteiger partial charge on any atom is 0.419 e. The highest BCUT2D eigenvalue weighted by Crippen LogP contribution is 2.19. The van der Waals surface area contributed by atoms with Crippen LogP contribution in [-0.2, 0) is 11.3 Å². The molecule has 0 fully saturated rings. The van der Waals surface area contributed by atoms with Gasteiger partial charge < -0.3 is 19.6 Å². The molecule has 1 heterocycles. The Morgan fingerprint density at radius 2 is 1.96 bits per heavy atom. The first-order chi connectivity index (χ1) is 12.0. The van der Waals surface area contributed by atoms with Gasteiger partial charge in [-0.2, -0.15) is 0 Å². The number of aromatic carboxylic acids is 1. The van der Waals surface area contributed by atoms with Crippen molar-refractivity contribution in [2.24, 2.45) is 0 Å². The summed E-state index contributed by atoms with van der Waals surface area (Å²) in [6, 6.07) is 10.7. The number of nitrogens with zero attached hydrogens (tertiary/aromatic N) is 1. The fourth-order valence-electron chi connectivity index (χ4n) is 2.45. The standard InChI is InChI=1S/C17H13ClN2O5/c18-10-5-6-13-14(9-10)25-17(24)20(13)8-7-15(21)19-12-4-2-1-3-11(12)16(22)23/h1-6,9H,7-8H2,(H,19,21)(H,22,23)/p-1. The van der Waals surface area contributed by atoms with Gasteiger partial charge in [-0.1, -0.05) is 29.8 Å². The summed E-state index contributed by atoms with van der Waals surface area (Å²) in [6.45, 7) is 0.0762. The van der Waals surface area contributed by atoms with Crippen molar-refractivity contribution in [3.63, 3.8) is 0 Å². The number of para-hydroxylation sites is 1. The number of carbonyl (C=O) groups is 2. The van der Waals surface area contributed by atoms with E-state index in [0.717, 1.165) is 0 Å². The molecule has 0 spiro atoms. The van der Waals surface area contributed by atoms with Gasteiger partial charge in [0, 0.05) is 35.3 Å². The zero-order valence-electron chi connectivity index (χ0n) is 12.8. The molecule has 0 unspecified atom stereocenters. The maximum atomic E-state index is 12.1. The predicted octanol–water partition coefficient (Wildman–Crippen LogP) is 1.64. The van der Waals surface area contributed by atoms with E-state index < -0.39 is 17.6 Å². The number of benzene rings is 2. The molecule has 0 radical (unpaired) electrons. The van der Waals surface area contributed by atoms with E-state index in [-0.39, 0.29) is 24.2 Å². The van der Waals surface area contributed by atoms with Gasteiger partial charge in [-0.25, -0.2) is 4.79 Å². The van der Waals surface area contributed by atoms with Gasteiger partial charge in [-0.15, -0.1) is 0 Å². The molecule has 128 valence electrons. The third-order valence-electron chi connectivity index (χ3n) is 3.61. The molecule has 8 heteroatoms. The molecule has 0 saturated heterocycles. The third-order valence-corrected chi connectivity index (χ3v) is 3.85. The number of amides is 1. The molecule has 1 amide bonds. The van der Waals surface area contributed by atoms with Gasteiger partial charge in [0.2, 0.25) is 5.91 Å². The zero-order chi connectivity index (χ0) is 18.0. The number of rotatable bonds is 5. The number of anilines is 1. The van der Waals surface area contributed by atoms with Crippen molar-refractivity contribution in [1.82, 2.24) is 4.57 Å². The Bertz CT molecular complexity index is 1020. The van der Waals surface area contributed by atoms with E-state index in [1.54, 1.807) is 18.2 Å². The van der Waals surface area contributed by atoms with E-state index in [1.165, 1.54) is 28.8 Å². The number of carboxylic acid groups (broad SMARTS) is 1. The van der Waals surface area contributed by atoms with Crippen LogP contribution in [0.5, 0.6) is 0 Å². The number of halogens is 1. The summed E-state index contributed by atoms with van der Waals surface area (Å²) in [7, 11) is 0. The quantitative estimate of drug-likeness (QED) is 0.745. The van der Waals surface area contributed by atoms with Crippen molar-refractivity contribution in [3.05, 3.63) is 63.6 Å². The summed E-state index contributed by atoms with van der Waals surface area (Å²) in [4.78, 5) is 35.0. The largest absolute Gasteiger partial charge is 0.545 e. The molecule has 0 atom stereocenters. The minimum absolute atomic E-state index is 0.0431. The van der Waals surface area contributed by atoms with Crippen LogP contribution in [0.1, 0.15) is 16.8 Å². The normalized spacial score (nSPS) is 10.8. The van der Waals surface area contributed by atoms with Crippen molar-refractivity contribution in [2.75, 3.05) is 5.32 Å². The smallest absolute Gasteiger partial charge is 0.419 e. The first-order valence-corrected chi connectivity index (χ1v) is 7.72. The van der Waals surface area contributed by atoms with Crippen LogP contribution in [0.4, 0.5) is 5.69 Å². The average Bonchev–Trinajstić information content (AvgIpc) is 2.87. The lowest BCUT2D eigenvalue weighted by Crippen LogP contribution is -2.25. The lowest BCUT2D eigenvalue weighted by molar-refractivity contribution is -0.254. The molecule has 3 aromatic rings. The Morgan fingerprint density at radius 3 is 2.72 bits per heavy atom. The van der Waals surface area contributed by atoms with Crippen LogP contribution in [0.15, 0.2) is 51.7 Å². The number of hydrogen-bond donors (Lipinski definition) is 1. The number of hydrogen-bond acceptors (Lipinski definition) is 5. The molecule has 7 nitrogen and oxygen atoms in total. The second kappa shape index (κ2) is 6.82. The lowest BCUT2D eigenvalue weighted by atomic mass is 10.2. The van der Waals surface area contributed by atoms with Gasteiger partial charge in [-0.3, -0.25) is 9.36 Å². The summed E-state index contributed by atoms with van der Waals surface area (Å²) in [5.41, 5.74) is 0.887. The van der Waals surface area contributed by atoms with Crippen LogP contribution < -0.4 is 16.2 Å². The molecule has 0 aliphatic rings. The van der Waals surface area contributed by atoms with E-state index in [1.807, 2.05) is 0 Å². The fraction of sp³-hybridized carbons (Fsp3) is 0.118. The Hall–Kier alpha value is -3.06. The van der Waals surface area contributed by atoms with Crippen LogP contribution in [0.25, 0.3) is 11.1 Å². The summed E-state index contributed by atoms with van der Waals surface area (Å²) in [5.74, 6) is -2.42. The van der Waals surface area contributed by atoms with Gasteiger partial charge in [0.15, 0.2) is 5.58 Å². The number of carbonyl (C=O) groups excluding carboxylic acids is 2. The molecule has 0 saturated carbocycles. The van der Waals surface area contributed by atoms with Gasteiger partial charge in [0.05, 0.1) is 11.5 Å². The molecular formula is C17H12ClN2O5-. The van der Waals surface area contributed by atoms with E-state index in [4.69, 9.17) is 16.0 Å². The molecule has 3 rings (SSSR count). The molecular weight excluding hydrogens is 348 g/mol. The first-order valence-electron chi connectivity index (χ1n) is 7.35. The number of aryl methyl sites for hydroxylation is 1. The highest BCUT2D eigenvalue weighted by atomic mass is 35.5. The molecule has 0 aliphatic heterocycles. The number of fused-ring (bicyclic) bond motifs is 1. The molecule has 0 aliphatic carbocycles. The Labute approximate surface area is 146 Å². The SMILES string of the molecule is O=C(CCn1c(=O)oc2cc(Cl)ccc21)Nc1ccccc1C(=O)[O-]. The molecule has 0 bridgehead atoms. The van der Waals surface area contributed by atoms with Gasteiger partial charge in [0.25, 0.3) is 0 Å². The van der Waals surface area contributed by atoms with Gasteiger partial charge in [0.1, 0.15) is 0 Å². The van der Waals surface area contributed by atoms with Gasteiger partial charge in [-0.05, 0) is 18.2 Å². The maximum absolute atomic E-state index is 12.1. The molecule has 1 aromatic heterocycles. The lowest BCUT2D eigenvalue weighted by Gasteiger charge is -2.11. The monoisotopic (exact) mass is 359 g/mol. The second-order valence-electron chi connectivity index (χ2n) is 5.26. The number of aromatic nitrogens is 1.